The van der Waals surface area contributed by atoms with Crippen molar-refractivity contribution in [2.24, 2.45) is 0 Å². The number of halogens is 4. The van der Waals surface area contributed by atoms with Crippen LogP contribution in [0, 0.1) is 0 Å². The van der Waals surface area contributed by atoms with Crippen LogP contribution >= 0.6 is 11.6 Å². The Morgan fingerprint density at radius 3 is 2.41 bits per heavy atom. The Kier molecular flexibility index (Phi) is 5.99. The first-order chi connectivity index (χ1) is 13.5. The minimum Gasteiger partial charge on any atom is -0.322 e. The fourth-order valence-corrected chi connectivity index (χ4v) is 4.09. The van der Waals surface area contributed by atoms with Gasteiger partial charge in [0.05, 0.1) is 29.3 Å². The van der Waals surface area contributed by atoms with Gasteiger partial charge in [0.2, 0.25) is 0 Å². The summed E-state index contributed by atoms with van der Waals surface area (Å²) < 4.78 is 62.6. The highest BCUT2D eigenvalue weighted by Crippen LogP contribution is 2.32. The van der Waals surface area contributed by atoms with Crippen LogP contribution in [0.4, 0.5) is 23.7 Å². The monoisotopic (exact) mass is 448 g/mol. The predicted octanol–water partition coefficient (Wildman–Crippen LogP) is 3.01. The van der Waals surface area contributed by atoms with E-state index in [0.29, 0.717) is 5.69 Å². The first-order valence-corrected chi connectivity index (χ1v) is 10.7. The highest BCUT2D eigenvalue weighted by atomic mass is 35.5. The van der Waals surface area contributed by atoms with Crippen molar-refractivity contribution in [3.8, 4) is 0 Å². The lowest BCUT2D eigenvalue weighted by molar-refractivity contribution is -0.137. The average molecular weight is 449 g/mol. The Hall–Kier alpha value is -2.40. The van der Waals surface area contributed by atoms with E-state index < -0.39 is 27.6 Å². The Morgan fingerprint density at radius 1 is 1.14 bits per heavy atom. The van der Waals surface area contributed by atoms with E-state index in [9.17, 15) is 26.4 Å². The molecule has 29 heavy (non-hydrogen) atoms. The number of sulfone groups is 1. The molecule has 1 aliphatic rings. The molecule has 0 atom stereocenters. The molecule has 0 radical (unpaired) electrons. The maximum absolute atomic E-state index is 13.1. The van der Waals surface area contributed by atoms with Crippen molar-refractivity contribution in [3.05, 3.63) is 52.8 Å². The number of carbonyl (C=O) groups excluding carboxylic acids is 1. The van der Waals surface area contributed by atoms with E-state index in [0.717, 1.165) is 17.0 Å². The van der Waals surface area contributed by atoms with Gasteiger partial charge in [0.15, 0.2) is 15.0 Å². The number of rotatable bonds is 3. The van der Waals surface area contributed by atoms with Gasteiger partial charge < -0.3 is 4.90 Å². The first kappa shape index (κ1) is 21.3. The first-order valence-electron chi connectivity index (χ1n) is 8.47. The summed E-state index contributed by atoms with van der Waals surface area (Å²) in [4.78, 5) is 15.5. The van der Waals surface area contributed by atoms with Gasteiger partial charge in [0.1, 0.15) is 0 Å². The van der Waals surface area contributed by atoms with Gasteiger partial charge in [-0.3, -0.25) is 4.90 Å². The molecule has 1 aliphatic heterocycles. The summed E-state index contributed by atoms with van der Waals surface area (Å²) in [6, 6.07) is 6.68. The molecule has 1 aromatic heterocycles. The summed E-state index contributed by atoms with van der Waals surface area (Å²) in [5, 5.41) is 7.66. The molecule has 0 spiro atoms. The predicted molar refractivity (Wildman–Crippen MR) is 100 cm³/mol. The third kappa shape index (κ3) is 5.36. The SMILES string of the molecule is O=C(N1CCS(=O)(=O)CC1)N(Cc1ccc(Cl)nn1)c1cccc(C(F)(F)F)c1. The van der Waals surface area contributed by atoms with E-state index in [4.69, 9.17) is 11.6 Å². The number of nitrogens with zero attached hydrogens (tertiary/aromatic N) is 4. The summed E-state index contributed by atoms with van der Waals surface area (Å²) in [5.41, 5.74) is -0.587. The average Bonchev–Trinajstić information content (AvgIpc) is 2.66. The quantitative estimate of drug-likeness (QED) is 0.720. The molecule has 0 saturated carbocycles. The number of anilines is 1. The smallest absolute Gasteiger partial charge is 0.322 e. The molecule has 0 bridgehead atoms. The number of hydrogen-bond donors (Lipinski definition) is 0. The van der Waals surface area contributed by atoms with E-state index in [1.54, 1.807) is 0 Å². The zero-order valence-electron chi connectivity index (χ0n) is 14.9. The third-order valence-corrected chi connectivity index (χ3v) is 6.15. The molecule has 3 rings (SSSR count). The van der Waals surface area contributed by atoms with Crippen LogP contribution in [-0.2, 0) is 22.6 Å². The van der Waals surface area contributed by atoms with Gasteiger partial charge in [-0.1, -0.05) is 17.7 Å². The molecule has 2 amide bonds. The van der Waals surface area contributed by atoms with Crippen LogP contribution in [0.2, 0.25) is 5.15 Å². The van der Waals surface area contributed by atoms with Crippen molar-refractivity contribution in [1.82, 2.24) is 15.1 Å². The van der Waals surface area contributed by atoms with Gasteiger partial charge in [-0.15, -0.1) is 5.10 Å². The normalized spacial score (nSPS) is 16.5. The van der Waals surface area contributed by atoms with Crippen LogP contribution in [0.1, 0.15) is 11.3 Å². The van der Waals surface area contributed by atoms with E-state index in [1.165, 1.54) is 29.2 Å². The number of carbonyl (C=O) groups is 1. The Balaban J connectivity index is 1.93. The number of urea groups is 1. The lowest BCUT2D eigenvalue weighted by atomic mass is 10.1. The van der Waals surface area contributed by atoms with E-state index >= 15 is 0 Å². The highest BCUT2D eigenvalue weighted by molar-refractivity contribution is 7.91. The number of benzene rings is 1. The van der Waals surface area contributed by atoms with Crippen LogP contribution in [0.15, 0.2) is 36.4 Å². The molecule has 156 valence electrons. The number of amides is 2. The van der Waals surface area contributed by atoms with Crippen LogP contribution in [0.5, 0.6) is 0 Å². The van der Waals surface area contributed by atoms with Gasteiger partial charge in [0, 0.05) is 18.8 Å². The zero-order valence-corrected chi connectivity index (χ0v) is 16.5. The molecule has 0 aliphatic carbocycles. The van der Waals surface area contributed by atoms with Crippen LogP contribution < -0.4 is 4.90 Å². The zero-order chi connectivity index (χ0) is 21.2. The van der Waals surface area contributed by atoms with Gasteiger partial charge in [0.25, 0.3) is 0 Å². The van der Waals surface area contributed by atoms with Crippen molar-refractivity contribution >= 4 is 33.2 Å². The standard InChI is InChI=1S/C17H16ClF3N4O3S/c18-15-5-4-13(22-23-15)11-25(14-3-1-2-12(10-14)17(19,20)21)16(26)24-6-8-29(27,28)9-7-24/h1-5,10H,6-9,11H2. The second kappa shape index (κ2) is 8.15. The molecule has 0 unspecified atom stereocenters. The molecule has 1 aromatic carbocycles. The third-order valence-electron chi connectivity index (χ3n) is 4.34. The molecule has 2 aromatic rings. The summed E-state index contributed by atoms with van der Waals surface area (Å²) in [6.45, 7) is -0.237. The van der Waals surface area contributed by atoms with Crippen LogP contribution in [0.25, 0.3) is 0 Å². The summed E-state index contributed by atoms with van der Waals surface area (Å²) in [5.74, 6) is -0.397. The Morgan fingerprint density at radius 2 is 1.83 bits per heavy atom. The minimum absolute atomic E-state index is 0.00926. The molecule has 12 heteroatoms. The van der Waals surface area contributed by atoms with Crippen molar-refractivity contribution in [1.29, 1.82) is 0 Å². The van der Waals surface area contributed by atoms with Crippen molar-refractivity contribution in [2.45, 2.75) is 12.7 Å². The summed E-state index contributed by atoms with van der Waals surface area (Å²) in [6.07, 6.45) is -4.58. The number of alkyl halides is 3. The van der Waals surface area contributed by atoms with Crippen LogP contribution in [-0.4, -0.2) is 54.1 Å². The maximum atomic E-state index is 13.1. The second-order valence-corrected chi connectivity index (χ2v) is 9.09. The molecule has 1 saturated heterocycles. The molecule has 0 N–H and O–H groups in total. The summed E-state index contributed by atoms with van der Waals surface area (Å²) in [7, 11) is -3.23. The largest absolute Gasteiger partial charge is 0.416 e. The van der Waals surface area contributed by atoms with Gasteiger partial charge in [-0.05, 0) is 30.3 Å². The van der Waals surface area contributed by atoms with E-state index in [1.807, 2.05) is 0 Å². The van der Waals surface area contributed by atoms with Crippen molar-refractivity contribution in [2.75, 3.05) is 29.5 Å². The van der Waals surface area contributed by atoms with E-state index in [2.05, 4.69) is 10.2 Å². The van der Waals surface area contributed by atoms with Gasteiger partial charge in [-0.25, -0.2) is 13.2 Å². The second-order valence-electron chi connectivity index (χ2n) is 6.40. The van der Waals surface area contributed by atoms with Crippen LogP contribution in [0.3, 0.4) is 0 Å². The number of hydrogen-bond acceptors (Lipinski definition) is 5. The lowest BCUT2D eigenvalue weighted by Gasteiger charge is -2.33. The fraction of sp³-hybridized carbons (Fsp3) is 0.353. The molecule has 7 nitrogen and oxygen atoms in total. The summed E-state index contributed by atoms with van der Waals surface area (Å²) >= 11 is 5.70. The number of aromatic nitrogens is 2. The molecular weight excluding hydrogens is 433 g/mol. The van der Waals surface area contributed by atoms with Crippen molar-refractivity contribution in [3.63, 3.8) is 0 Å². The molecular formula is C17H16ClF3N4O3S. The highest BCUT2D eigenvalue weighted by Gasteiger charge is 2.33. The molecule has 1 fully saturated rings. The minimum atomic E-state index is -4.58. The van der Waals surface area contributed by atoms with E-state index in [-0.39, 0.29) is 42.0 Å². The Labute approximate surface area is 170 Å². The topological polar surface area (TPSA) is 83.5 Å². The lowest BCUT2D eigenvalue weighted by Crippen LogP contribution is -2.49. The Bertz CT molecular complexity index is 986. The van der Waals surface area contributed by atoms with Crippen molar-refractivity contribution < 1.29 is 26.4 Å². The van der Waals surface area contributed by atoms with Gasteiger partial charge >= 0.3 is 12.2 Å². The molecule has 2 heterocycles. The maximum Gasteiger partial charge on any atom is 0.416 e. The fourth-order valence-electron chi connectivity index (χ4n) is 2.78. The van der Waals surface area contributed by atoms with Gasteiger partial charge in [-0.2, -0.15) is 18.3 Å².